The smallest absolute Gasteiger partial charge is 0.330 e. The van der Waals surface area contributed by atoms with Crippen molar-refractivity contribution in [2.45, 2.75) is 45.4 Å². The van der Waals surface area contributed by atoms with Crippen LogP contribution in [0.2, 0.25) is 0 Å². The van der Waals surface area contributed by atoms with Gasteiger partial charge in [-0.2, -0.15) is 0 Å². The number of methoxy groups -OCH3 is 1. The number of rotatable bonds is 4. The van der Waals surface area contributed by atoms with E-state index < -0.39 is 0 Å². The van der Waals surface area contributed by atoms with Gasteiger partial charge in [-0.3, -0.25) is 4.79 Å². The summed E-state index contributed by atoms with van der Waals surface area (Å²) in [5.41, 5.74) is 0.794. The van der Waals surface area contributed by atoms with Gasteiger partial charge in [0.2, 0.25) is 0 Å². The molecule has 0 bridgehead atoms. The maximum atomic E-state index is 11.9. The standard InChI is InChI=1S/C13H20O3/c1-10(9-13(15)16-2)8-12(14)11-6-4-3-5-7-11/h9,11H,3-8H2,1-2H3/b10-9-. The first kappa shape index (κ1) is 12.9. The van der Waals surface area contributed by atoms with E-state index in [0.717, 1.165) is 31.3 Å². The molecule has 0 heterocycles. The fourth-order valence-corrected chi connectivity index (χ4v) is 2.15. The molecular formula is C13H20O3. The third kappa shape index (κ3) is 4.17. The molecule has 1 aliphatic carbocycles. The first-order chi connectivity index (χ1) is 7.63. The maximum absolute atomic E-state index is 11.9. The summed E-state index contributed by atoms with van der Waals surface area (Å²) in [7, 11) is 1.34. The summed E-state index contributed by atoms with van der Waals surface area (Å²) in [6.45, 7) is 1.80. The van der Waals surface area contributed by atoms with Crippen molar-refractivity contribution in [1.29, 1.82) is 0 Å². The molecule has 3 nitrogen and oxygen atoms in total. The Morgan fingerprint density at radius 3 is 2.44 bits per heavy atom. The van der Waals surface area contributed by atoms with Gasteiger partial charge in [-0.15, -0.1) is 0 Å². The molecule has 16 heavy (non-hydrogen) atoms. The molecule has 0 spiro atoms. The van der Waals surface area contributed by atoms with Crippen molar-refractivity contribution < 1.29 is 14.3 Å². The molecule has 1 rings (SSSR count). The fraction of sp³-hybridized carbons (Fsp3) is 0.692. The molecule has 1 fully saturated rings. The first-order valence-electron chi connectivity index (χ1n) is 5.91. The highest BCUT2D eigenvalue weighted by Gasteiger charge is 2.20. The topological polar surface area (TPSA) is 43.4 Å². The van der Waals surface area contributed by atoms with Crippen molar-refractivity contribution in [3.8, 4) is 0 Å². The second kappa shape index (κ2) is 6.46. The summed E-state index contributed by atoms with van der Waals surface area (Å²) in [4.78, 5) is 22.9. The fourth-order valence-electron chi connectivity index (χ4n) is 2.15. The molecule has 1 saturated carbocycles. The largest absolute Gasteiger partial charge is 0.466 e. The van der Waals surface area contributed by atoms with Gasteiger partial charge in [0.15, 0.2) is 0 Å². The molecular weight excluding hydrogens is 204 g/mol. The Morgan fingerprint density at radius 1 is 1.25 bits per heavy atom. The molecule has 0 saturated heterocycles. The Morgan fingerprint density at radius 2 is 1.88 bits per heavy atom. The zero-order chi connectivity index (χ0) is 12.0. The van der Waals surface area contributed by atoms with Gasteiger partial charge in [0, 0.05) is 18.4 Å². The monoisotopic (exact) mass is 224 g/mol. The van der Waals surface area contributed by atoms with Gasteiger partial charge in [-0.05, 0) is 19.8 Å². The second-order valence-corrected chi connectivity index (χ2v) is 4.49. The number of ether oxygens (including phenoxy) is 1. The molecule has 0 aromatic carbocycles. The molecule has 0 unspecified atom stereocenters. The number of esters is 1. The Balaban J connectivity index is 2.43. The molecule has 0 aliphatic heterocycles. The summed E-state index contributed by atoms with van der Waals surface area (Å²) in [6, 6.07) is 0. The van der Waals surface area contributed by atoms with Crippen LogP contribution in [-0.2, 0) is 14.3 Å². The zero-order valence-corrected chi connectivity index (χ0v) is 10.1. The Labute approximate surface area is 96.9 Å². The maximum Gasteiger partial charge on any atom is 0.330 e. The van der Waals surface area contributed by atoms with Crippen LogP contribution in [0.3, 0.4) is 0 Å². The lowest BCUT2D eigenvalue weighted by Gasteiger charge is -2.20. The lowest BCUT2D eigenvalue weighted by molar-refractivity contribution is -0.134. The van der Waals surface area contributed by atoms with Crippen molar-refractivity contribution in [2.75, 3.05) is 7.11 Å². The first-order valence-corrected chi connectivity index (χ1v) is 5.91. The number of hydrogen-bond donors (Lipinski definition) is 0. The van der Waals surface area contributed by atoms with E-state index in [2.05, 4.69) is 4.74 Å². The summed E-state index contributed by atoms with van der Waals surface area (Å²) in [6.07, 6.45) is 7.41. The lowest BCUT2D eigenvalue weighted by Crippen LogP contribution is -2.17. The highest BCUT2D eigenvalue weighted by Crippen LogP contribution is 2.26. The molecule has 0 atom stereocenters. The van der Waals surface area contributed by atoms with Gasteiger partial charge < -0.3 is 4.74 Å². The average molecular weight is 224 g/mol. The zero-order valence-electron chi connectivity index (χ0n) is 10.1. The molecule has 90 valence electrons. The summed E-state index contributed by atoms with van der Waals surface area (Å²) in [5.74, 6) is 0.112. The van der Waals surface area contributed by atoms with Gasteiger partial charge in [0.05, 0.1) is 7.11 Å². The van der Waals surface area contributed by atoms with Crippen LogP contribution < -0.4 is 0 Å². The SMILES string of the molecule is COC(=O)/C=C(/C)CC(=O)C1CCCCC1. The van der Waals surface area contributed by atoms with Crippen LogP contribution in [0.25, 0.3) is 0 Å². The number of Topliss-reactive ketones (excluding diaryl/α,β-unsaturated/α-hetero) is 1. The van der Waals surface area contributed by atoms with E-state index in [0.29, 0.717) is 6.42 Å². The number of ketones is 1. The van der Waals surface area contributed by atoms with Crippen molar-refractivity contribution in [1.82, 2.24) is 0 Å². The van der Waals surface area contributed by atoms with Gasteiger partial charge in [0.25, 0.3) is 0 Å². The predicted octanol–water partition coefficient (Wildman–Crippen LogP) is 2.65. The van der Waals surface area contributed by atoms with Crippen LogP contribution in [0.15, 0.2) is 11.6 Å². The summed E-state index contributed by atoms with van der Waals surface area (Å²) in [5, 5.41) is 0. The molecule has 3 heteroatoms. The minimum Gasteiger partial charge on any atom is -0.466 e. The van der Waals surface area contributed by atoms with E-state index in [1.807, 2.05) is 0 Å². The average Bonchev–Trinajstić information content (AvgIpc) is 2.29. The van der Waals surface area contributed by atoms with Crippen molar-refractivity contribution >= 4 is 11.8 Å². The van der Waals surface area contributed by atoms with Crippen LogP contribution in [0.4, 0.5) is 0 Å². The van der Waals surface area contributed by atoms with Crippen LogP contribution in [-0.4, -0.2) is 18.9 Å². The molecule has 1 aliphatic rings. The third-order valence-corrected chi connectivity index (χ3v) is 3.08. The van der Waals surface area contributed by atoms with Crippen molar-refractivity contribution in [3.05, 3.63) is 11.6 Å². The van der Waals surface area contributed by atoms with Crippen molar-refractivity contribution in [3.63, 3.8) is 0 Å². The highest BCUT2D eigenvalue weighted by atomic mass is 16.5. The van der Waals surface area contributed by atoms with E-state index in [9.17, 15) is 9.59 Å². The molecule has 0 amide bonds. The number of carbonyl (C=O) groups excluding carboxylic acids is 2. The second-order valence-electron chi connectivity index (χ2n) is 4.49. The van der Waals surface area contributed by atoms with E-state index in [1.165, 1.54) is 19.6 Å². The molecule has 0 N–H and O–H groups in total. The van der Waals surface area contributed by atoms with Crippen LogP contribution in [0.5, 0.6) is 0 Å². The minimum atomic E-state index is -0.381. The Hall–Kier alpha value is -1.12. The van der Waals surface area contributed by atoms with Crippen LogP contribution in [0, 0.1) is 5.92 Å². The predicted molar refractivity (Wildman–Crippen MR) is 62.0 cm³/mol. The van der Waals surface area contributed by atoms with E-state index >= 15 is 0 Å². The number of allylic oxidation sites excluding steroid dienone is 1. The Kier molecular flexibility index (Phi) is 5.23. The number of hydrogen-bond acceptors (Lipinski definition) is 3. The highest BCUT2D eigenvalue weighted by molar-refractivity contribution is 5.87. The van der Waals surface area contributed by atoms with E-state index in [-0.39, 0.29) is 17.7 Å². The Bertz CT molecular complexity index is 286. The molecule has 0 aromatic heterocycles. The van der Waals surface area contributed by atoms with Gasteiger partial charge in [-0.25, -0.2) is 4.79 Å². The summed E-state index contributed by atoms with van der Waals surface area (Å²) >= 11 is 0. The van der Waals surface area contributed by atoms with Crippen molar-refractivity contribution in [2.24, 2.45) is 5.92 Å². The van der Waals surface area contributed by atoms with E-state index in [1.54, 1.807) is 6.92 Å². The molecule has 0 radical (unpaired) electrons. The van der Waals surface area contributed by atoms with Crippen LogP contribution in [0.1, 0.15) is 45.4 Å². The quantitative estimate of drug-likeness (QED) is 0.544. The van der Waals surface area contributed by atoms with Gasteiger partial charge in [-0.1, -0.05) is 24.8 Å². The molecule has 0 aromatic rings. The minimum absolute atomic E-state index is 0.217. The lowest BCUT2D eigenvalue weighted by atomic mass is 9.84. The van der Waals surface area contributed by atoms with Crippen LogP contribution >= 0.6 is 0 Å². The number of carbonyl (C=O) groups is 2. The van der Waals surface area contributed by atoms with Gasteiger partial charge >= 0.3 is 5.97 Å². The van der Waals surface area contributed by atoms with Gasteiger partial charge in [0.1, 0.15) is 5.78 Å². The third-order valence-electron chi connectivity index (χ3n) is 3.08. The van der Waals surface area contributed by atoms with E-state index in [4.69, 9.17) is 0 Å². The summed E-state index contributed by atoms with van der Waals surface area (Å²) < 4.78 is 4.52. The normalized spacial score (nSPS) is 18.2.